The van der Waals surface area contributed by atoms with Crippen molar-refractivity contribution in [2.45, 2.75) is 178 Å². The van der Waals surface area contributed by atoms with Crippen molar-refractivity contribution in [2.75, 3.05) is 181 Å². The van der Waals surface area contributed by atoms with Gasteiger partial charge in [0.1, 0.15) is 29.1 Å². The Morgan fingerprint density at radius 2 is 0.673 bits per heavy atom. The number of aryl methyl sites for hydroxylation is 2. The Hall–Kier alpha value is -12.3. The van der Waals surface area contributed by atoms with E-state index in [2.05, 4.69) is 68.2 Å². The lowest BCUT2D eigenvalue weighted by Crippen LogP contribution is -2.56. The molecule has 2 aliphatic carbocycles. The number of carbonyl (C=O) groups excluding carboxylic acids is 5. The van der Waals surface area contributed by atoms with Gasteiger partial charge in [0.15, 0.2) is 22.6 Å². The Morgan fingerprint density at radius 3 is 1.03 bits per heavy atom. The molecule has 5 amide bonds. The summed E-state index contributed by atoms with van der Waals surface area (Å²) in [6, 6.07) is 35.1. The summed E-state index contributed by atoms with van der Waals surface area (Å²) in [7, 11) is -10.7. The van der Waals surface area contributed by atoms with E-state index in [0.29, 0.717) is 108 Å². The predicted octanol–water partition coefficient (Wildman–Crippen LogP) is 14.0. The highest BCUT2D eigenvalue weighted by atomic mass is 35.5. The molecule has 17 heterocycles. The van der Waals surface area contributed by atoms with Crippen molar-refractivity contribution in [1.29, 1.82) is 0 Å². The number of aromatic nitrogens is 12. The molecule has 0 bridgehead atoms. The molecule has 9 saturated heterocycles. The van der Waals surface area contributed by atoms with Gasteiger partial charge in [-0.1, -0.05) is 46.4 Å². The highest BCUT2D eigenvalue weighted by Gasteiger charge is 2.41. The van der Waals surface area contributed by atoms with E-state index in [1.54, 1.807) is 58.3 Å². The van der Waals surface area contributed by atoms with Crippen LogP contribution in [-0.2, 0) is 44.3 Å². The van der Waals surface area contributed by atoms with Crippen LogP contribution in [0.4, 0.5) is 51.8 Å². The number of halogens is 3. The first kappa shape index (κ1) is 102. The number of ether oxygens (including phenoxy) is 2. The first-order valence-corrected chi connectivity index (χ1v) is 57.6. The minimum absolute atomic E-state index is 0.140. The molecule has 39 nitrogen and oxygen atoms in total. The maximum atomic E-state index is 13.9. The van der Waals surface area contributed by atoms with Crippen LogP contribution in [0.5, 0.6) is 0 Å². The molecule has 0 radical (unpaired) electrons. The Balaban J connectivity index is 0.000000119. The summed E-state index contributed by atoms with van der Waals surface area (Å²) in [4.78, 5) is 105. The second-order valence-electron chi connectivity index (χ2n) is 40.2. The monoisotopic (exact) mass is 2120 g/mol. The molecule has 11 aliphatic rings. The van der Waals surface area contributed by atoms with Gasteiger partial charge in [-0.15, -0.1) is 0 Å². The van der Waals surface area contributed by atoms with Gasteiger partial charge in [0, 0.05) is 191 Å². The first-order valence-electron chi connectivity index (χ1n) is 50.8. The van der Waals surface area contributed by atoms with Gasteiger partial charge in [-0.05, 0) is 202 Å². The van der Waals surface area contributed by atoms with Gasteiger partial charge in [-0.3, -0.25) is 38.1 Å². The lowest BCUT2D eigenvalue weighted by Gasteiger charge is -2.38. The van der Waals surface area contributed by atoms with Crippen molar-refractivity contribution in [1.82, 2.24) is 78.0 Å². The number of nitrogens with zero attached hydrogens (tertiary/aromatic N) is 21. The number of sulfonamides is 3. The van der Waals surface area contributed by atoms with E-state index in [1.807, 2.05) is 66.0 Å². The van der Waals surface area contributed by atoms with Crippen molar-refractivity contribution in [2.24, 2.45) is 5.73 Å². The fourth-order valence-electron chi connectivity index (χ4n) is 20.9. The molecule has 8 aromatic heterocycles. The molecule has 147 heavy (non-hydrogen) atoms. The largest absolute Gasteiger partial charge is 0.378 e. The van der Waals surface area contributed by atoms with Crippen LogP contribution in [0.2, 0.25) is 15.1 Å². The van der Waals surface area contributed by atoms with Gasteiger partial charge >= 0.3 is 0 Å². The van der Waals surface area contributed by atoms with E-state index < -0.39 is 30.1 Å². The average Bonchev–Trinajstić information content (AvgIpc) is 1.62. The zero-order valence-corrected chi connectivity index (χ0v) is 87.9. The molecule has 4 atom stereocenters. The number of amides is 5. The number of hydrogen-bond donors (Lipinski definition) is 5. The third kappa shape index (κ3) is 23.1. The molecule has 9 aliphatic heterocycles. The Kier molecular flexibility index (Phi) is 29.6. The van der Waals surface area contributed by atoms with Crippen LogP contribution in [-0.4, -0.2) is 276 Å². The summed E-state index contributed by atoms with van der Waals surface area (Å²) in [5.74, 6) is 4.75. The average molecular weight is 2120 g/mol. The molecule has 23 rings (SSSR count). The van der Waals surface area contributed by atoms with Gasteiger partial charge in [0.25, 0.3) is 23.6 Å². The maximum Gasteiger partial charge on any atom is 0.256 e. The standard InChI is InChI=1S/C26H33ClN8O4S.C26H32ClN7O4S.C26H32N6O3S.C24H26ClN5O2/c1-40(37,38)31-20-6-5-17(27)12-19(20)26(36)34-7-3-2-4-22(34)21-13-24-29-23(33-15-18(28)16-33)14-25(35(24)30-21)32-8-10-39-11-9-32;1-39(36,37)30-20-7-6-18(27)15-19(20)26(35)33-10-3-2-5-22(33)21-16-24-28-23(31-8-4-9-31)17-25(34(24)29-21)32-11-13-38-14-12-32;1-17-7-10-20(29-36(2,34)35)19(14-17)26(33)31-13-4-3-6-23(31)22-15-24-27-21(18-8-9-18)16-25(32(24)28-22)30-11-5-12-30;1-14-11-20(16-6-7-16)27-23-13-21(28-30(14)23)22-5-3-4-10-29(22)24(32)18-12-17(25)8-9-19(18)26-15(2)31/h5-6,12-14,18,22,31H,2-4,7-11,15-16,28H2,1H3;6-7,15-17,22,30H,2-5,8-14H2,1H3;7,10,14-16,18,23,29H,3-6,8-9,11-13H2,1-2H3;8-9,11-13,16,22H,3-7,10H2,1-2H3,(H,26,31)/t2*22-;23-;22-/m0000/s1. The fourth-order valence-corrected chi connectivity index (χ4v) is 23.2. The summed E-state index contributed by atoms with van der Waals surface area (Å²) in [6.07, 6.45) is 20.9. The minimum atomic E-state index is -3.60. The van der Waals surface area contributed by atoms with E-state index in [0.717, 1.165) is 259 Å². The zero-order chi connectivity index (χ0) is 103. The SMILES string of the molecule is CC(=O)Nc1ccc(Cl)cc1C(=O)N1CCCC[C@H]1c1cc2nc(C3CC3)cc(C)n2n1.CS(=O)(=O)Nc1ccc(Cl)cc1C(=O)N1CCCC[C@H]1c1cc2nc(N3CC(N)C3)cc(N3CCOCC3)n2n1.CS(=O)(=O)Nc1ccc(Cl)cc1C(=O)N1CCCC[C@H]1c1cc2nc(N3CCC3)cc(N3CCOCC3)n2n1.Cc1ccc(NS(C)(=O)=O)c(C(=O)N2CCCC[C@H]2c2cc3nc(C4CC4)cc(N4CCC4)n3n2)c1. The molecule has 0 unspecified atom stereocenters. The predicted molar refractivity (Wildman–Crippen MR) is 566 cm³/mol. The van der Waals surface area contributed by atoms with Crippen LogP contribution in [0.15, 0.2) is 121 Å². The van der Waals surface area contributed by atoms with Crippen molar-refractivity contribution in [3.8, 4) is 0 Å². The maximum absolute atomic E-state index is 13.9. The molecule has 12 aromatic rings. The summed E-state index contributed by atoms with van der Waals surface area (Å²) >= 11 is 18.7. The molecule has 11 fully saturated rings. The van der Waals surface area contributed by atoms with E-state index in [-0.39, 0.29) is 82.2 Å². The van der Waals surface area contributed by atoms with Crippen LogP contribution >= 0.6 is 34.8 Å². The summed E-state index contributed by atoms with van der Waals surface area (Å²) < 4.78 is 98.0. The molecule has 6 N–H and O–H groups in total. The second-order valence-corrected chi connectivity index (χ2v) is 46.8. The van der Waals surface area contributed by atoms with E-state index in [9.17, 15) is 49.2 Å². The molecule has 778 valence electrons. The van der Waals surface area contributed by atoms with Crippen LogP contribution in [0.1, 0.15) is 245 Å². The van der Waals surface area contributed by atoms with Crippen LogP contribution < -0.4 is 49.7 Å². The van der Waals surface area contributed by atoms with Crippen LogP contribution in [0.3, 0.4) is 0 Å². The van der Waals surface area contributed by atoms with Crippen LogP contribution in [0.25, 0.3) is 22.6 Å². The Morgan fingerprint density at radius 1 is 0.347 bits per heavy atom. The van der Waals surface area contributed by atoms with Gasteiger partial charge in [0.2, 0.25) is 36.0 Å². The van der Waals surface area contributed by atoms with E-state index in [1.165, 1.54) is 63.3 Å². The third-order valence-electron chi connectivity index (χ3n) is 28.8. The quantitative estimate of drug-likeness (QED) is 0.0421. The number of rotatable bonds is 22. The number of nitrogens with two attached hydrogens (primary N) is 1. The smallest absolute Gasteiger partial charge is 0.256 e. The third-order valence-corrected chi connectivity index (χ3v) is 31.3. The number of likely N-dealkylation sites (tertiary alicyclic amines) is 4. The molecule has 4 aromatic carbocycles. The number of anilines is 9. The van der Waals surface area contributed by atoms with E-state index >= 15 is 0 Å². The number of carbonyl (C=O) groups is 5. The topological polar surface area (TPSA) is 430 Å². The summed E-state index contributed by atoms with van der Waals surface area (Å²) in [5, 5.41) is 23.7. The zero-order valence-electron chi connectivity index (χ0n) is 83.2. The number of nitrogens with one attached hydrogen (secondary N) is 4. The van der Waals surface area contributed by atoms with Gasteiger partial charge in [0.05, 0.1) is 137 Å². The van der Waals surface area contributed by atoms with Crippen molar-refractivity contribution in [3.63, 3.8) is 0 Å². The number of morpholine rings is 2. The first-order chi connectivity index (χ1) is 70.6. The summed E-state index contributed by atoms with van der Waals surface area (Å²) in [6.45, 7) is 18.8. The molecule has 2 saturated carbocycles. The lowest BCUT2D eigenvalue weighted by atomic mass is 9.97. The number of benzene rings is 4. The fraction of sp³-hybridized carbons (Fsp3) is 0.480. The summed E-state index contributed by atoms with van der Waals surface area (Å²) in [5.41, 5.74) is 19.0. The van der Waals surface area contributed by atoms with Gasteiger partial charge in [-0.25, -0.2) is 49.7 Å². The lowest BCUT2D eigenvalue weighted by molar-refractivity contribution is -0.114. The van der Waals surface area contributed by atoms with Crippen molar-refractivity contribution >= 4 is 169 Å². The van der Waals surface area contributed by atoms with Crippen molar-refractivity contribution < 1.29 is 58.7 Å². The Bertz CT molecular complexity index is 7420. The molecular formula is C102H123Cl3N26O13S3. The number of fused-ring (bicyclic) bond motifs is 4. The highest BCUT2D eigenvalue weighted by Crippen LogP contribution is 2.46. The number of piperidine rings is 4. The minimum Gasteiger partial charge on any atom is -0.378 e. The van der Waals surface area contributed by atoms with E-state index in [4.69, 9.17) is 90.3 Å². The second kappa shape index (κ2) is 42.7. The highest BCUT2D eigenvalue weighted by molar-refractivity contribution is 7.92. The molecule has 45 heteroatoms. The number of hydrogen-bond acceptors (Lipinski definition) is 27. The molecule has 0 spiro atoms. The van der Waals surface area contributed by atoms with Crippen molar-refractivity contribution in [3.05, 3.63) is 204 Å². The van der Waals surface area contributed by atoms with Crippen LogP contribution in [0, 0.1) is 13.8 Å². The van der Waals surface area contributed by atoms with Gasteiger partial charge < -0.3 is 64.6 Å². The normalized spacial score (nSPS) is 20.1. The van der Waals surface area contributed by atoms with Gasteiger partial charge in [-0.2, -0.15) is 33.9 Å². The Labute approximate surface area is 868 Å². The molecular weight excluding hydrogens is 2000 g/mol.